The highest BCUT2D eigenvalue weighted by Crippen LogP contribution is 2.27. The zero-order valence-corrected chi connectivity index (χ0v) is 7.20. The van der Waals surface area contributed by atoms with Crippen LogP contribution in [0.4, 0.5) is 0 Å². The van der Waals surface area contributed by atoms with Gasteiger partial charge < -0.3 is 14.3 Å². The smallest absolute Gasteiger partial charge is 0.229 e. The Hall–Kier alpha value is -0.740. The minimum absolute atomic E-state index is 0.178. The number of aldehydes is 1. The Balaban J connectivity index is 2.72. The third kappa shape index (κ3) is 1.40. The molecule has 0 aromatic heterocycles. The molecule has 0 bridgehead atoms. The summed E-state index contributed by atoms with van der Waals surface area (Å²) in [6.07, 6.45) is 0.501. The molecule has 1 rings (SSSR count). The van der Waals surface area contributed by atoms with Crippen LogP contribution in [0.2, 0.25) is 0 Å². The van der Waals surface area contributed by atoms with Crippen molar-refractivity contribution in [1.82, 2.24) is 0 Å². The highest BCUT2D eigenvalue weighted by molar-refractivity contribution is 5.84. The van der Waals surface area contributed by atoms with E-state index >= 15 is 0 Å². The average molecular weight is 172 g/mol. The third-order valence-electron chi connectivity index (χ3n) is 1.98. The molecule has 1 saturated heterocycles. The van der Waals surface area contributed by atoms with Crippen LogP contribution in [0.3, 0.4) is 0 Å². The molecule has 12 heavy (non-hydrogen) atoms. The molecule has 1 heterocycles. The van der Waals surface area contributed by atoms with Gasteiger partial charge in [0, 0.05) is 13.3 Å². The normalized spacial score (nSPS) is 35.0. The van der Waals surface area contributed by atoms with Crippen LogP contribution in [0.1, 0.15) is 20.3 Å². The Bertz CT molecular complexity index is 201. The molecular weight excluding hydrogens is 160 g/mol. The van der Waals surface area contributed by atoms with Crippen molar-refractivity contribution in [1.29, 1.82) is 0 Å². The summed E-state index contributed by atoms with van der Waals surface area (Å²) in [7, 11) is 0. The summed E-state index contributed by atoms with van der Waals surface area (Å²) in [5.41, 5.74) is 0. The van der Waals surface area contributed by atoms with Crippen LogP contribution >= 0.6 is 0 Å². The van der Waals surface area contributed by atoms with E-state index in [2.05, 4.69) is 0 Å². The van der Waals surface area contributed by atoms with Crippen LogP contribution in [-0.4, -0.2) is 30.6 Å². The van der Waals surface area contributed by atoms with Gasteiger partial charge in [0.25, 0.3) is 0 Å². The molecule has 0 unspecified atom stereocenters. The van der Waals surface area contributed by atoms with Crippen LogP contribution in [0.15, 0.2) is 0 Å². The van der Waals surface area contributed by atoms with Crippen LogP contribution in [0, 0.1) is 0 Å². The van der Waals surface area contributed by atoms with E-state index < -0.39 is 11.9 Å². The molecule has 4 nitrogen and oxygen atoms in total. The van der Waals surface area contributed by atoms with Crippen LogP contribution in [0.25, 0.3) is 0 Å². The van der Waals surface area contributed by atoms with Gasteiger partial charge >= 0.3 is 0 Å². The highest BCUT2D eigenvalue weighted by Gasteiger charge is 2.44. The Kier molecular flexibility index (Phi) is 2.59. The molecule has 0 aromatic rings. The quantitative estimate of drug-likeness (QED) is 0.574. The number of ketones is 1. The maximum atomic E-state index is 11.1. The summed E-state index contributed by atoms with van der Waals surface area (Å²) in [5.74, 6) is -1.35. The number of hydrogen-bond donors (Lipinski definition) is 0. The molecule has 68 valence electrons. The van der Waals surface area contributed by atoms with Crippen LogP contribution in [0.5, 0.6) is 0 Å². The van der Waals surface area contributed by atoms with Gasteiger partial charge in [-0.05, 0) is 0 Å². The fraction of sp³-hybridized carbons (Fsp3) is 0.750. The van der Waals surface area contributed by atoms with E-state index in [0.717, 1.165) is 0 Å². The monoisotopic (exact) mass is 172 g/mol. The van der Waals surface area contributed by atoms with Gasteiger partial charge in [0.15, 0.2) is 12.1 Å². The van der Waals surface area contributed by atoms with Crippen molar-refractivity contribution in [3.05, 3.63) is 0 Å². The molecule has 0 saturated carbocycles. The molecule has 0 aromatic carbocycles. The van der Waals surface area contributed by atoms with Gasteiger partial charge in [-0.3, -0.25) is 4.79 Å². The first-order valence-electron chi connectivity index (χ1n) is 3.92. The van der Waals surface area contributed by atoms with E-state index in [4.69, 9.17) is 9.47 Å². The minimum Gasteiger partial charge on any atom is -0.340 e. The number of rotatable bonds is 3. The summed E-state index contributed by atoms with van der Waals surface area (Å²) in [6.45, 7) is 3.36. The van der Waals surface area contributed by atoms with Gasteiger partial charge in [-0.2, -0.15) is 0 Å². The zero-order chi connectivity index (χ0) is 9.19. The van der Waals surface area contributed by atoms with E-state index in [0.29, 0.717) is 12.7 Å². The van der Waals surface area contributed by atoms with Crippen molar-refractivity contribution in [3.8, 4) is 0 Å². The van der Waals surface area contributed by atoms with Crippen molar-refractivity contribution in [2.24, 2.45) is 0 Å². The van der Waals surface area contributed by atoms with Crippen molar-refractivity contribution >= 4 is 12.1 Å². The second-order valence-electron chi connectivity index (χ2n) is 2.77. The second kappa shape index (κ2) is 3.33. The number of carbonyl (C=O) groups excluding carboxylic acids is 2. The fourth-order valence-electron chi connectivity index (χ4n) is 1.22. The molecular formula is C8H12O4. The molecule has 0 aliphatic carbocycles. The first-order valence-corrected chi connectivity index (χ1v) is 3.92. The number of Topliss-reactive ketones (excluding diaryl/α,β-unsaturated/α-hetero) is 1. The SMILES string of the molecule is CC[C@@]1(C(C)=O)OC[C@H](C=O)O1. The standard InChI is InChI=1S/C8H12O4/c1-3-8(6(2)10)11-5-7(4-9)12-8/h4,7H,3,5H2,1-2H3/t7-,8+/m0/s1. The number of carbonyl (C=O) groups is 2. The topological polar surface area (TPSA) is 52.6 Å². The summed E-state index contributed by atoms with van der Waals surface area (Å²) >= 11 is 0. The number of hydrogen-bond acceptors (Lipinski definition) is 4. The van der Waals surface area contributed by atoms with E-state index in [1.54, 1.807) is 6.92 Å². The predicted molar refractivity (Wildman–Crippen MR) is 40.6 cm³/mol. The van der Waals surface area contributed by atoms with E-state index in [1.807, 2.05) is 0 Å². The van der Waals surface area contributed by atoms with Gasteiger partial charge in [0.2, 0.25) is 5.79 Å². The number of ether oxygens (including phenoxy) is 2. The van der Waals surface area contributed by atoms with Crippen molar-refractivity contribution in [2.75, 3.05) is 6.61 Å². The summed E-state index contributed by atoms with van der Waals surface area (Å²) in [6, 6.07) is 0. The predicted octanol–water partition coefficient (Wildman–Crippen LogP) is 0.296. The molecule has 1 aliphatic rings. The summed E-state index contributed by atoms with van der Waals surface area (Å²) in [5, 5.41) is 0. The van der Waals surface area contributed by atoms with E-state index in [9.17, 15) is 9.59 Å². The van der Waals surface area contributed by atoms with Crippen LogP contribution < -0.4 is 0 Å². The Morgan fingerprint density at radius 1 is 1.75 bits per heavy atom. The molecule has 0 N–H and O–H groups in total. The van der Waals surface area contributed by atoms with Crippen molar-refractivity contribution in [2.45, 2.75) is 32.2 Å². The van der Waals surface area contributed by atoms with Crippen molar-refractivity contribution in [3.63, 3.8) is 0 Å². The van der Waals surface area contributed by atoms with Gasteiger partial charge in [0.1, 0.15) is 6.10 Å². The molecule has 0 spiro atoms. The lowest BCUT2D eigenvalue weighted by Gasteiger charge is -2.22. The largest absolute Gasteiger partial charge is 0.340 e. The first kappa shape index (κ1) is 9.35. The van der Waals surface area contributed by atoms with Gasteiger partial charge in [-0.1, -0.05) is 6.92 Å². The first-order chi connectivity index (χ1) is 5.64. The Labute approximate surface area is 70.8 Å². The maximum Gasteiger partial charge on any atom is 0.229 e. The summed E-state index contributed by atoms with van der Waals surface area (Å²) in [4.78, 5) is 21.4. The lowest BCUT2D eigenvalue weighted by molar-refractivity contribution is -0.183. The Morgan fingerprint density at radius 2 is 2.42 bits per heavy atom. The molecule has 2 atom stereocenters. The minimum atomic E-state index is -1.16. The lowest BCUT2D eigenvalue weighted by Crippen LogP contribution is -2.38. The second-order valence-corrected chi connectivity index (χ2v) is 2.77. The molecule has 4 heteroatoms. The van der Waals surface area contributed by atoms with Crippen LogP contribution in [-0.2, 0) is 19.1 Å². The molecule has 1 fully saturated rings. The fourth-order valence-corrected chi connectivity index (χ4v) is 1.22. The zero-order valence-electron chi connectivity index (χ0n) is 7.20. The average Bonchev–Trinajstić information content (AvgIpc) is 2.48. The third-order valence-corrected chi connectivity index (χ3v) is 1.98. The van der Waals surface area contributed by atoms with Crippen molar-refractivity contribution < 1.29 is 19.1 Å². The lowest BCUT2D eigenvalue weighted by atomic mass is 10.1. The maximum absolute atomic E-state index is 11.1. The van der Waals surface area contributed by atoms with E-state index in [-0.39, 0.29) is 12.4 Å². The highest BCUT2D eigenvalue weighted by atomic mass is 16.7. The van der Waals surface area contributed by atoms with Gasteiger partial charge in [0.05, 0.1) is 6.61 Å². The molecule has 0 amide bonds. The Morgan fingerprint density at radius 3 is 2.67 bits per heavy atom. The molecule has 0 radical (unpaired) electrons. The summed E-state index contributed by atoms with van der Waals surface area (Å²) < 4.78 is 10.3. The molecule has 1 aliphatic heterocycles. The van der Waals surface area contributed by atoms with Gasteiger partial charge in [-0.25, -0.2) is 0 Å². The van der Waals surface area contributed by atoms with Gasteiger partial charge in [-0.15, -0.1) is 0 Å². The van der Waals surface area contributed by atoms with E-state index in [1.165, 1.54) is 6.92 Å².